The molecule has 4 nitrogen and oxygen atoms in total. The van der Waals surface area contributed by atoms with Gasteiger partial charge in [0.05, 0.1) is 0 Å². The summed E-state index contributed by atoms with van der Waals surface area (Å²) < 4.78 is 60.1. The first-order valence-corrected chi connectivity index (χ1v) is 6.00. The van der Waals surface area contributed by atoms with Crippen molar-refractivity contribution in [3.8, 4) is 11.5 Å². The standard InChI is InChI=1S/C14H7F4NO3/c15-9-3-1-7(5-10(9)16)13(20)19-8-2-4-11-12(6-8)22-14(17,18)21-11/h1-6H,(H,19,20). The van der Waals surface area contributed by atoms with Crippen LogP contribution in [-0.2, 0) is 0 Å². The Bertz CT molecular complexity index is 764. The normalized spacial score (nSPS) is 14.7. The highest BCUT2D eigenvalue weighted by Gasteiger charge is 2.43. The van der Waals surface area contributed by atoms with Crippen molar-refractivity contribution < 1.29 is 31.8 Å². The molecule has 1 amide bonds. The number of rotatable bonds is 2. The number of ether oxygens (including phenoxy) is 2. The predicted molar refractivity (Wildman–Crippen MR) is 67.0 cm³/mol. The van der Waals surface area contributed by atoms with Crippen LogP contribution in [0.5, 0.6) is 11.5 Å². The van der Waals surface area contributed by atoms with Gasteiger partial charge in [-0.25, -0.2) is 8.78 Å². The molecule has 0 saturated carbocycles. The molecule has 0 saturated heterocycles. The average molecular weight is 313 g/mol. The van der Waals surface area contributed by atoms with Gasteiger partial charge in [-0.15, -0.1) is 8.78 Å². The molecule has 0 atom stereocenters. The van der Waals surface area contributed by atoms with Crippen LogP contribution in [0.15, 0.2) is 36.4 Å². The Morgan fingerprint density at radius 3 is 2.41 bits per heavy atom. The van der Waals surface area contributed by atoms with Crippen LogP contribution in [0.4, 0.5) is 23.2 Å². The summed E-state index contributed by atoms with van der Waals surface area (Å²) in [5.41, 5.74) is 0.0108. The van der Waals surface area contributed by atoms with E-state index >= 15 is 0 Å². The molecule has 1 aliphatic rings. The van der Waals surface area contributed by atoms with Gasteiger partial charge >= 0.3 is 6.29 Å². The Balaban J connectivity index is 1.79. The fourth-order valence-corrected chi connectivity index (χ4v) is 1.87. The largest absolute Gasteiger partial charge is 0.586 e. The first-order valence-electron chi connectivity index (χ1n) is 6.00. The topological polar surface area (TPSA) is 47.6 Å². The zero-order valence-corrected chi connectivity index (χ0v) is 10.7. The molecule has 1 heterocycles. The molecule has 114 valence electrons. The summed E-state index contributed by atoms with van der Waals surface area (Å²) in [5, 5.41) is 2.35. The number of benzene rings is 2. The number of hydrogen-bond acceptors (Lipinski definition) is 3. The molecule has 8 heteroatoms. The fourth-order valence-electron chi connectivity index (χ4n) is 1.87. The zero-order chi connectivity index (χ0) is 15.9. The van der Waals surface area contributed by atoms with E-state index in [1.807, 2.05) is 0 Å². The number of amides is 1. The van der Waals surface area contributed by atoms with E-state index in [1.54, 1.807) is 0 Å². The van der Waals surface area contributed by atoms with Crippen LogP contribution in [0.25, 0.3) is 0 Å². The maximum absolute atomic E-state index is 13.1. The summed E-state index contributed by atoms with van der Waals surface area (Å²) in [6.07, 6.45) is -3.76. The smallest absolute Gasteiger partial charge is 0.395 e. The summed E-state index contributed by atoms with van der Waals surface area (Å²) in [4.78, 5) is 11.9. The molecular weight excluding hydrogens is 306 g/mol. The third kappa shape index (κ3) is 2.67. The Labute approximate surface area is 121 Å². The van der Waals surface area contributed by atoms with E-state index in [0.29, 0.717) is 0 Å². The number of fused-ring (bicyclic) bond motifs is 1. The van der Waals surface area contributed by atoms with Crippen molar-refractivity contribution in [2.45, 2.75) is 6.29 Å². The van der Waals surface area contributed by atoms with Crippen LogP contribution in [0.3, 0.4) is 0 Å². The molecule has 0 aromatic heterocycles. The summed E-state index contributed by atoms with van der Waals surface area (Å²) >= 11 is 0. The number of carbonyl (C=O) groups is 1. The molecule has 0 unspecified atom stereocenters. The van der Waals surface area contributed by atoms with Crippen molar-refractivity contribution in [1.82, 2.24) is 0 Å². The van der Waals surface area contributed by atoms with E-state index in [-0.39, 0.29) is 22.7 Å². The van der Waals surface area contributed by atoms with Crippen LogP contribution in [0, 0.1) is 11.6 Å². The third-order valence-corrected chi connectivity index (χ3v) is 2.84. The lowest BCUT2D eigenvalue weighted by Crippen LogP contribution is -2.25. The molecule has 1 N–H and O–H groups in total. The lowest BCUT2D eigenvalue weighted by Gasteiger charge is -2.06. The molecule has 0 fully saturated rings. The molecule has 2 aromatic carbocycles. The molecule has 0 spiro atoms. The van der Waals surface area contributed by atoms with Crippen molar-refractivity contribution in [3.05, 3.63) is 53.6 Å². The lowest BCUT2D eigenvalue weighted by molar-refractivity contribution is -0.286. The van der Waals surface area contributed by atoms with E-state index < -0.39 is 23.8 Å². The number of nitrogens with one attached hydrogen (secondary N) is 1. The zero-order valence-electron chi connectivity index (χ0n) is 10.7. The Morgan fingerprint density at radius 2 is 1.68 bits per heavy atom. The molecule has 0 radical (unpaired) electrons. The van der Waals surface area contributed by atoms with Gasteiger partial charge in [0.1, 0.15) is 0 Å². The van der Waals surface area contributed by atoms with Gasteiger partial charge < -0.3 is 14.8 Å². The van der Waals surface area contributed by atoms with Gasteiger partial charge in [0.15, 0.2) is 23.1 Å². The van der Waals surface area contributed by atoms with Crippen LogP contribution in [0.2, 0.25) is 0 Å². The average Bonchev–Trinajstić information content (AvgIpc) is 2.75. The molecule has 2 aromatic rings. The Kier molecular flexibility index (Phi) is 3.16. The lowest BCUT2D eigenvalue weighted by atomic mass is 10.2. The highest BCUT2D eigenvalue weighted by Crippen LogP contribution is 2.42. The van der Waals surface area contributed by atoms with Gasteiger partial charge in [-0.3, -0.25) is 4.79 Å². The second kappa shape index (κ2) is 4.90. The monoisotopic (exact) mass is 313 g/mol. The molecule has 22 heavy (non-hydrogen) atoms. The van der Waals surface area contributed by atoms with Gasteiger partial charge in [0, 0.05) is 17.3 Å². The van der Waals surface area contributed by atoms with E-state index in [4.69, 9.17) is 0 Å². The third-order valence-electron chi connectivity index (χ3n) is 2.84. The van der Waals surface area contributed by atoms with Gasteiger partial charge in [-0.2, -0.15) is 0 Å². The minimum absolute atomic E-state index is 0.123. The molecule has 1 aliphatic heterocycles. The number of hydrogen-bond donors (Lipinski definition) is 1. The molecule has 3 rings (SSSR count). The second-order valence-electron chi connectivity index (χ2n) is 4.41. The minimum atomic E-state index is -3.76. The highest BCUT2D eigenvalue weighted by atomic mass is 19.3. The molecular formula is C14H7F4NO3. The van der Waals surface area contributed by atoms with Crippen LogP contribution in [-0.4, -0.2) is 12.2 Å². The number of anilines is 1. The highest BCUT2D eigenvalue weighted by molar-refractivity contribution is 6.04. The summed E-state index contributed by atoms with van der Waals surface area (Å²) in [7, 11) is 0. The Hall–Kier alpha value is -2.77. The maximum atomic E-state index is 13.1. The van der Waals surface area contributed by atoms with E-state index in [1.165, 1.54) is 12.1 Å². The van der Waals surface area contributed by atoms with E-state index in [9.17, 15) is 22.4 Å². The number of alkyl halides is 2. The number of carbonyl (C=O) groups excluding carboxylic acids is 1. The molecule has 0 bridgehead atoms. The van der Waals surface area contributed by atoms with E-state index in [0.717, 1.165) is 24.3 Å². The van der Waals surface area contributed by atoms with Gasteiger partial charge in [-0.05, 0) is 30.3 Å². The summed E-state index contributed by atoms with van der Waals surface area (Å²) in [6.45, 7) is 0. The fraction of sp³-hybridized carbons (Fsp3) is 0.0714. The van der Waals surface area contributed by atoms with Crippen LogP contribution >= 0.6 is 0 Å². The summed E-state index contributed by atoms with van der Waals surface area (Å²) in [6, 6.07) is 6.26. The van der Waals surface area contributed by atoms with Crippen molar-refractivity contribution >= 4 is 11.6 Å². The minimum Gasteiger partial charge on any atom is -0.395 e. The van der Waals surface area contributed by atoms with Crippen molar-refractivity contribution in [2.24, 2.45) is 0 Å². The second-order valence-corrected chi connectivity index (χ2v) is 4.41. The van der Waals surface area contributed by atoms with E-state index in [2.05, 4.69) is 14.8 Å². The quantitative estimate of drug-likeness (QED) is 0.863. The summed E-state index contributed by atoms with van der Waals surface area (Å²) in [5.74, 6) is -3.40. The first-order chi connectivity index (χ1) is 10.3. The SMILES string of the molecule is O=C(Nc1ccc2c(c1)OC(F)(F)O2)c1ccc(F)c(F)c1. The predicted octanol–water partition coefficient (Wildman–Crippen LogP) is 3.54. The molecule has 0 aliphatic carbocycles. The van der Waals surface area contributed by atoms with Gasteiger partial charge in [-0.1, -0.05) is 0 Å². The number of halogens is 4. The maximum Gasteiger partial charge on any atom is 0.586 e. The van der Waals surface area contributed by atoms with Crippen LogP contribution in [0.1, 0.15) is 10.4 Å². The van der Waals surface area contributed by atoms with Crippen molar-refractivity contribution in [2.75, 3.05) is 5.32 Å². The van der Waals surface area contributed by atoms with Gasteiger partial charge in [0.2, 0.25) is 0 Å². The first kappa shape index (κ1) is 14.2. The Morgan fingerprint density at radius 1 is 0.955 bits per heavy atom. The van der Waals surface area contributed by atoms with Crippen molar-refractivity contribution in [3.63, 3.8) is 0 Å². The van der Waals surface area contributed by atoms with Crippen LogP contribution < -0.4 is 14.8 Å². The van der Waals surface area contributed by atoms with Crippen molar-refractivity contribution in [1.29, 1.82) is 0 Å². The van der Waals surface area contributed by atoms with Gasteiger partial charge in [0.25, 0.3) is 5.91 Å².